The van der Waals surface area contributed by atoms with E-state index in [1.807, 2.05) is 18.2 Å². The number of nitrogens with zero attached hydrogens (tertiary/aromatic N) is 1. The molecule has 0 radical (unpaired) electrons. The molecule has 0 bridgehead atoms. The molecule has 0 aromatic carbocycles. The number of rotatable bonds is 5. The Balaban J connectivity index is 1.90. The molecule has 0 aliphatic carbocycles. The van der Waals surface area contributed by atoms with Crippen molar-refractivity contribution in [3.8, 4) is 0 Å². The molecular formula is C14H23N3O. The van der Waals surface area contributed by atoms with Gasteiger partial charge in [0.25, 0.3) is 0 Å². The molecule has 4 heteroatoms. The fraction of sp³-hybridized carbons (Fsp3) is 0.643. The molecule has 1 saturated heterocycles. The summed E-state index contributed by atoms with van der Waals surface area (Å²) in [5.41, 5.74) is 0.327. The van der Waals surface area contributed by atoms with E-state index < -0.39 is 0 Å². The van der Waals surface area contributed by atoms with Gasteiger partial charge in [-0.25, -0.2) is 4.98 Å². The maximum absolute atomic E-state index is 5.41. The third-order valence-corrected chi connectivity index (χ3v) is 3.50. The summed E-state index contributed by atoms with van der Waals surface area (Å²) in [6.45, 7) is 8.00. The molecule has 0 saturated carbocycles. The van der Waals surface area contributed by atoms with Crippen LogP contribution in [0.2, 0.25) is 0 Å². The van der Waals surface area contributed by atoms with Gasteiger partial charge in [0.15, 0.2) is 0 Å². The van der Waals surface area contributed by atoms with Gasteiger partial charge in [0, 0.05) is 26.3 Å². The van der Waals surface area contributed by atoms with Gasteiger partial charge in [-0.05, 0) is 37.3 Å². The van der Waals surface area contributed by atoms with E-state index in [0.29, 0.717) is 5.41 Å². The Hall–Kier alpha value is -1.29. The largest absolute Gasteiger partial charge is 0.381 e. The van der Waals surface area contributed by atoms with Crippen molar-refractivity contribution in [2.75, 3.05) is 36.9 Å². The maximum Gasteiger partial charge on any atom is 0.128 e. The molecule has 2 rings (SSSR count). The van der Waals surface area contributed by atoms with Crippen LogP contribution in [-0.2, 0) is 4.74 Å². The lowest BCUT2D eigenvalue weighted by molar-refractivity contribution is 0.0300. The van der Waals surface area contributed by atoms with Crippen molar-refractivity contribution in [2.24, 2.45) is 5.41 Å². The van der Waals surface area contributed by atoms with Crippen LogP contribution in [0.15, 0.2) is 18.2 Å². The van der Waals surface area contributed by atoms with Crippen molar-refractivity contribution in [1.29, 1.82) is 0 Å². The molecule has 0 spiro atoms. The van der Waals surface area contributed by atoms with Gasteiger partial charge in [0.05, 0.1) is 0 Å². The van der Waals surface area contributed by atoms with Crippen LogP contribution in [0.3, 0.4) is 0 Å². The first-order chi connectivity index (χ1) is 8.72. The van der Waals surface area contributed by atoms with E-state index in [4.69, 9.17) is 4.74 Å². The normalized spacial score (nSPS) is 18.3. The molecule has 0 atom stereocenters. The molecule has 0 amide bonds. The predicted molar refractivity (Wildman–Crippen MR) is 75.1 cm³/mol. The highest BCUT2D eigenvalue weighted by molar-refractivity contribution is 5.45. The smallest absolute Gasteiger partial charge is 0.128 e. The average Bonchev–Trinajstić information content (AvgIpc) is 2.38. The number of hydrogen-bond donors (Lipinski definition) is 2. The maximum atomic E-state index is 5.41. The monoisotopic (exact) mass is 249 g/mol. The lowest BCUT2D eigenvalue weighted by atomic mass is 9.82. The highest BCUT2D eigenvalue weighted by atomic mass is 16.5. The second kappa shape index (κ2) is 6.05. The Morgan fingerprint density at radius 2 is 1.89 bits per heavy atom. The molecule has 0 unspecified atom stereocenters. The van der Waals surface area contributed by atoms with Crippen LogP contribution >= 0.6 is 0 Å². The van der Waals surface area contributed by atoms with E-state index in [-0.39, 0.29) is 0 Å². The molecule has 1 aliphatic heterocycles. The van der Waals surface area contributed by atoms with Crippen molar-refractivity contribution in [3.63, 3.8) is 0 Å². The first kappa shape index (κ1) is 13.1. The summed E-state index contributed by atoms with van der Waals surface area (Å²) >= 11 is 0. The van der Waals surface area contributed by atoms with Gasteiger partial charge in [0.2, 0.25) is 0 Å². The van der Waals surface area contributed by atoms with E-state index in [2.05, 4.69) is 29.5 Å². The lowest BCUT2D eigenvalue weighted by Gasteiger charge is -2.33. The van der Waals surface area contributed by atoms with E-state index >= 15 is 0 Å². The quantitative estimate of drug-likeness (QED) is 0.842. The third kappa shape index (κ3) is 3.60. The third-order valence-electron chi connectivity index (χ3n) is 3.50. The molecule has 18 heavy (non-hydrogen) atoms. The number of anilines is 2. The number of ether oxygens (including phenoxy) is 1. The van der Waals surface area contributed by atoms with Crippen LogP contribution in [0.4, 0.5) is 11.6 Å². The SMILES string of the molecule is CCNc1cccc(NCC2(C)CCOCC2)n1. The summed E-state index contributed by atoms with van der Waals surface area (Å²) in [6, 6.07) is 6.04. The molecule has 4 nitrogen and oxygen atoms in total. The van der Waals surface area contributed by atoms with Gasteiger partial charge in [-0.3, -0.25) is 0 Å². The van der Waals surface area contributed by atoms with Gasteiger partial charge in [0.1, 0.15) is 11.6 Å². The minimum atomic E-state index is 0.327. The molecule has 1 aromatic heterocycles. The summed E-state index contributed by atoms with van der Waals surface area (Å²) in [5.74, 6) is 1.88. The van der Waals surface area contributed by atoms with Gasteiger partial charge >= 0.3 is 0 Å². The minimum Gasteiger partial charge on any atom is -0.381 e. The summed E-state index contributed by atoms with van der Waals surface area (Å²) in [6.07, 6.45) is 2.24. The van der Waals surface area contributed by atoms with Crippen LogP contribution < -0.4 is 10.6 Å². The van der Waals surface area contributed by atoms with Gasteiger partial charge in [-0.1, -0.05) is 13.0 Å². The molecule has 1 fully saturated rings. The van der Waals surface area contributed by atoms with Crippen molar-refractivity contribution >= 4 is 11.6 Å². The predicted octanol–water partition coefficient (Wildman–Crippen LogP) is 2.74. The first-order valence-corrected chi connectivity index (χ1v) is 6.74. The average molecular weight is 249 g/mol. The molecule has 2 heterocycles. The Labute approximate surface area is 109 Å². The van der Waals surface area contributed by atoms with Crippen LogP contribution in [0.25, 0.3) is 0 Å². The van der Waals surface area contributed by atoms with E-state index in [9.17, 15) is 0 Å². The van der Waals surface area contributed by atoms with E-state index in [1.165, 1.54) is 0 Å². The Morgan fingerprint density at radius 3 is 2.56 bits per heavy atom. The minimum absolute atomic E-state index is 0.327. The van der Waals surface area contributed by atoms with Gasteiger partial charge in [-0.15, -0.1) is 0 Å². The van der Waals surface area contributed by atoms with Crippen LogP contribution in [0, 0.1) is 5.41 Å². The highest BCUT2D eigenvalue weighted by Gasteiger charge is 2.27. The zero-order valence-corrected chi connectivity index (χ0v) is 11.3. The van der Waals surface area contributed by atoms with Gasteiger partial charge < -0.3 is 15.4 Å². The highest BCUT2D eigenvalue weighted by Crippen LogP contribution is 2.29. The number of nitrogens with one attached hydrogen (secondary N) is 2. The summed E-state index contributed by atoms with van der Waals surface area (Å²) in [5, 5.41) is 6.67. The van der Waals surface area contributed by atoms with Crippen molar-refractivity contribution in [1.82, 2.24) is 4.98 Å². The topological polar surface area (TPSA) is 46.2 Å². The lowest BCUT2D eigenvalue weighted by Crippen LogP contribution is -2.33. The van der Waals surface area contributed by atoms with Crippen molar-refractivity contribution < 1.29 is 4.74 Å². The molecular weight excluding hydrogens is 226 g/mol. The fourth-order valence-corrected chi connectivity index (χ4v) is 2.16. The zero-order valence-electron chi connectivity index (χ0n) is 11.3. The Kier molecular flexibility index (Phi) is 4.42. The summed E-state index contributed by atoms with van der Waals surface area (Å²) in [7, 11) is 0. The van der Waals surface area contributed by atoms with Crippen molar-refractivity contribution in [3.05, 3.63) is 18.2 Å². The number of aromatic nitrogens is 1. The van der Waals surface area contributed by atoms with Crippen LogP contribution in [0.5, 0.6) is 0 Å². The van der Waals surface area contributed by atoms with Crippen LogP contribution in [0.1, 0.15) is 26.7 Å². The molecule has 1 aliphatic rings. The second-order valence-corrected chi connectivity index (χ2v) is 5.21. The van der Waals surface area contributed by atoms with Crippen molar-refractivity contribution in [2.45, 2.75) is 26.7 Å². The molecule has 1 aromatic rings. The zero-order chi connectivity index (χ0) is 12.8. The Bertz CT molecular complexity index is 375. The Morgan fingerprint density at radius 1 is 1.22 bits per heavy atom. The second-order valence-electron chi connectivity index (χ2n) is 5.21. The molecule has 100 valence electrons. The first-order valence-electron chi connectivity index (χ1n) is 6.74. The number of hydrogen-bond acceptors (Lipinski definition) is 4. The van der Waals surface area contributed by atoms with Gasteiger partial charge in [-0.2, -0.15) is 0 Å². The van der Waals surface area contributed by atoms with Crippen LogP contribution in [-0.4, -0.2) is 31.3 Å². The van der Waals surface area contributed by atoms with E-state index in [1.54, 1.807) is 0 Å². The fourth-order valence-electron chi connectivity index (χ4n) is 2.16. The van der Waals surface area contributed by atoms with E-state index in [0.717, 1.165) is 50.8 Å². The standard InChI is InChI=1S/C14H23N3O/c1-3-15-12-5-4-6-13(17-12)16-11-14(2)7-9-18-10-8-14/h4-6H,3,7-11H2,1-2H3,(H2,15,16,17). The summed E-state index contributed by atoms with van der Waals surface area (Å²) < 4.78 is 5.41. The number of pyridine rings is 1. The molecule has 2 N–H and O–H groups in total. The summed E-state index contributed by atoms with van der Waals surface area (Å²) in [4.78, 5) is 4.52.